The molecule has 1 N–H and O–H groups in total. The van der Waals surface area contributed by atoms with Crippen LogP contribution in [-0.4, -0.2) is 19.8 Å². The van der Waals surface area contributed by atoms with Crippen molar-refractivity contribution < 1.29 is 8.42 Å². The topological polar surface area (TPSA) is 46.2 Å². The van der Waals surface area contributed by atoms with Crippen LogP contribution in [0.15, 0.2) is 22.4 Å². The van der Waals surface area contributed by atoms with Crippen LogP contribution in [0.2, 0.25) is 0 Å². The molecule has 0 spiro atoms. The lowest BCUT2D eigenvalue weighted by Crippen LogP contribution is -2.17. The Bertz CT molecular complexity index is 563. The minimum absolute atomic E-state index is 0.173. The molecule has 0 aromatic carbocycles. The molecule has 1 atom stereocenters. The number of hydrogen-bond acceptors (Lipinski definition) is 3. The van der Waals surface area contributed by atoms with E-state index in [-0.39, 0.29) is 4.32 Å². The van der Waals surface area contributed by atoms with Gasteiger partial charge in [0.2, 0.25) is 10.0 Å². The summed E-state index contributed by atoms with van der Waals surface area (Å²) in [5, 5.41) is 0. The van der Waals surface area contributed by atoms with Gasteiger partial charge in [-0.15, -0.1) is 11.3 Å². The van der Waals surface area contributed by atoms with Gasteiger partial charge in [0, 0.05) is 4.88 Å². The number of nitrogens with one attached hydrogen (secondary N) is 1. The summed E-state index contributed by atoms with van der Waals surface area (Å²) in [5.74, 6) is 0. The summed E-state index contributed by atoms with van der Waals surface area (Å²) in [6.45, 7) is 2.03. The molecule has 3 nitrogen and oxygen atoms in total. The molecule has 1 heterocycles. The summed E-state index contributed by atoms with van der Waals surface area (Å²) in [6, 6.07) is 1.70. The highest BCUT2D eigenvalue weighted by Crippen LogP contribution is 2.34. The molecule has 0 amide bonds. The fraction of sp³-hybridized carbons (Fsp3) is 0.273. The van der Waals surface area contributed by atoms with Gasteiger partial charge >= 0.3 is 0 Å². The molecule has 1 aromatic heterocycles. The van der Waals surface area contributed by atoms with E-state index >= 15 is 0 Å². The summed E-state index contributed by atoms with van der Waals surface area (Å²) in [4.78, 5) is 0.957. The van der Waals surface area contributed by atoms with Crippen molar-refractivity contribution in [1.82, 2.24) is 4.72 Å². The Morgan fingerprint density at radius 3 is 2.65 bits per heavy atom. The minimum Gasteiger partial charge on any atom is -0.214 e. The molecule has 0 fully saturated rings. The van der Waals surface area contributed by atoms with Gasteiger partial charge in [-0.1, -0.05) is 34.2 Å². The average Bonchev–Trinajstić information content (AvgIpc) is 2.62. The van der Waals surface area contributed by atoms with Crippen LogP contribution in [0.5, 0.6) is 0 Å². The molecule has 0 bridgehead atoms. The predicted molar refractivity (Wildman–Crippen MR) is 76.0 cm³/mol. The molecular formula is C11H12BrNO2S2. The Morgan fingerprint density at radius 2 is 2.00 bits per heavy atom. The van der Waals surface area contributed by atoms with Crippen LogP contribution in [0.1, 0.15) is 17.4 Å². The van der Waals surface area contributed by atoms with Crippen molar-refractivity contribution >= 4 is 49.4 Å². The van der Waals surface area contributed by atoms with E-state index in [1.54, 1.807) is 6.07 Å². The number of sulfonamides is 1. The van der Waals surface area contributed by atoms with Crippen molar-refractivity contribution in [3.8, 4) is 0 Å². The van der Waals surface area contributed by atoms with E-state index in [0.29, 0.717) is 4.21 Å². The lowest BCUT2D eigenvalue weighted by molar-refractivity contribution is 0.590. The van der Waals surface area contributed by atoms with E-state index in [0.717, 1.165) is 10.4 Å². The monoisotopic (exact) mass is 333 g/mol. The Hall–Kier alpha value is -0.430. The Morgan fingerprint density at radius 1 is 1.35 bits per heavy atom. The smallest absolute Gasteiger partial charge is 0.214 e. The van der Waals surface area contributed by atoms with Gasteiger partial charge in [0.25, 0.3) is 0 Å². The summed E-state index contributed by atoms with van der Waals surface area (Å²) >= 11 is 4.83. The average molecular weight is 334 g/mol. The normalized spacial score (nSPS) is 23.5. The minimum atomic E-state index is -3.34. The highest BCUT2D eigenvalue weighted by Gasteiger charge is 2.20. The maximum absolute atomic E-state index is 11.7. The van der Waals surface area contributed by atoms with Gasteiger partial charge in [0.15, 0.2) is 0 Å². The molecule has 2 rings (SSSR count). The van der Waals surface area contributed by atoms with Crippen molar-refractivity contribution in [2.45, 2.75) is 15.5 Å². The summed E-state index contributed by atoms with van der Waals surface area (Å²) in [5.41, 5.74) is 0.934. The van der Waals surface area contributed by atoms with Crippen LogP contribution < -0.4 is 4.72 Å². The van der Waals surface area contributed by atoms with E-state index in [1.807, 2.05) is 31.2 Å². The summed E-state index contributed by atoms with van der Waals surface area (Å²) in [6.07, 6.45) is 7.89. The van der Waals surface area contributed by atoms with Crippen LogP contribution in [0.4, 0.5) is 0 Å². The van der Waals surface area contributed by atoms with Crippen LogP contribution in [0, 0.1) is 0 Å². The highest BCUT2D eigenvalue weighted by atomic mass is 79.9. The second-order valence-corrected chi connectivity index (χ2v) is 8.82. The molecule has 17 heavy (non-hydrogen) atoms. The third-order valence-corrected chi connectivity index (χ3v) is 5.98. The fourth-order valence-electron chi connectivity index (χ4n) is 1.44. The van der Waals surface area contributed by atoms with Crippen LogP contribution >= 0.6 is 27.3 Å². The molecule has 0 radical (unpaired) electrons. The number of thiophene rings is 1. The first-order valence-corrected chi connectivity index (χ1v) is 8.08. The van der Waals surface area contributed by atoms with Gasteiger partial charge in [-0.3, -0.25) is 0 Å². The number of allylic oxidation sites excluding steroid dienone is 2. The molecule has 92 valence electrons. The van der Waals surface area contributed by atoms with E-state index < -0.39 is 10.0 Å². The molecule has 0 saturated carbocycles. The molecule has 1 aliphatic carbocycles. The van der Waals surface area contributed by atoms with Gasteiger partial charge in [-0.05, 0) is 31.7 Å². The summed E-state index contributed by atoms with van der Waals surface area (Å²) < 4.78 is 25.8. The highest BCUT2D eigenvalue weighted by molar-refractivity contribution is 9.10. The van der Waals surface area contributed by atoms with E-state index in [9.17, 15) is 8.42 Å². The zero-order valence-electron chi connectivity index (χ0n) is 9.40. The maximum atomic E-state index is 11.7. The predicted octanol–water partition coefficient (Wildman–Crippen LogP) is 2.85. The van der Waals surface area contributed by atoms with Crippen molar-refractivity contribution in [2.75, 3.05) is 7.05 Å². The molecule has 1 aromatic rings. The van der Waals surface area contributed by atoms with Crippen LogP contribution in [-0.2, 0) is 10.0 Å². The van der Waals surface area contributed by atoms with Gasteiger partial charge in [-0.25, -0.2) is 13.1 Å². The zero-order valence-corrected chi connectivity index (χ0v) is 12.6. The van der Waals surface area contributed by atoms with E-state index in [2.05, 4.69) is 20.7 Å². The number of alkyl halides is 1. The first-order chi connectivity index (χ1) is 7.84. The number of rotatable bonds is 2. The Labute approximate surface area is 113 Å². The molecule has 0 saturated heterocycles. The SMILES string of the molecule is CNS(=O)(=O)c1cc2c(s1)C=CC(C)(Br)C=C2. The van der Waals surface area contributed by atoms with Gasteiger partial charge in [0.1, 0.15) is 4.21 Å². The third-order valence-electron chi connectivity index (χ3n) is 2.45. The van der Waals surface area contributed by atoms with Crippen molar-refractivity contribution in [1.29, 1.82) is 0 Å². The molecular weight excluding hydrogens is 322 g/mol. The van der Waals surface area contributed by atoms with Crippen molar-refractivity contribution in [3.05, 3.63) is 28.7 Å². The Kier molecular flexibility index (Phi) is 3.33. The number of fused-ring (bicyclic) bond motifs is 1. The number of hydrogen-bond donors (Lipinski definition) is 1. The standard InChI is InChI=1S/C11H12BrNO2S2/c1-11(12)5-3-8-7-10(17(14,15)13-2)16-9(8)4-6-11/h3-7,13H,1-2H3. The largest absolute Gasteiger partial charge is 0.249 e. The molecule has 0 aliphatic heterocycles. The quantitative estimate of drug-likeness (QED) is 0.846. The second-order valence-electron chi connectivity index (χ2n) is 3.91. The van der Waals surface area contributed by atoms with Crippen LogP contribution in [0.25, 0.3) is 12.2 Å². The van der Waals surface area contributed by atoms with Crippen molar-refractivity contribution in [3.63, 3.8) is 0 Å². The second kappa shape index (κ2) is 4.35. The summed E-state index contributed by atoms with van der Waals surface area (Å²) in [7, 11) is -1.93. The van der Waals surface area contributed by atoms with E-state index in [4.69, 9.17) is 0 Å². The zero-order chi connectivity index (χ0) is 12.7. The lowest BCUT2D eigenvalue weighted by Gasteiger charge is -2.09. The maximum Gasteiger partial charge on any atom is 0.249 e. The van der Waals surface area contributed by atoms with Crippen LogP contribution in [0.3, 0.4) is 0 Å². The Balaban J connectivity index is 2.49. The lowest BCUT2D eigenvalue weighted by atomic mass is 10.1. The van der Waals surface area contributed by atoms with Gasteiger partial charge < -0.3 is 0 Å². The first-order valence-electron chi connectivity index (χ1n) is 4.99. The van der Waals surface area contributed by atoms with Gasteiger partial charge in [0.05, 0.1) is 4.32 Å². The first kappa shape index (κ1) is 13.0. The fourth-order valence-corrected chi connectivity index (χ4v) is 3.92. The van der Waals surface area contributed by atoms with E-state index in [1.165, 1.54) is 18.4 Å². The molecule has 1 unspecified atom stereocenters. The third kappa shape index (κ3) is 2.70. The molecule has 6 heteroatoms. The van der Waals surface area contributed by atoms with Gasteiger partial charge in [-0.2, -0.15) is 0 Å². The number of halogens is 1. The molecule has 1 aliphatic rings. The van der Waals surface area contributed by atoms with Crippen molar-refractivity contribution in [2.24, 2.45) is 0 Å².